The van der Waals surface area contributed by atoms with Crippen LogP contribution < -0.4 is 5.32 Å². The molecule has 0 amide bonds. The molecule has 2 saturated heterocycles. The highest BCUT2D eigenvalue weighted by Crippen LogP contribution is 2.28. The minimum atomic E-state index is -1.27. The van der Waals surface area contributed by atoms with Gasteiger partial charge in [-0.1, -0.05) is 6.92 Å². The Labute approximate surface area is 209 Å². The van der Waals surface area contributed by atoms with Gasteiger partial charge in [-0.25, -0.2) is 0 Å². The first-order valence-corrected chi connectivity index (χ1v) is 13.8. The van der Waals surface area contributed by atoms with Gasteiger partial charge in [0.15, 0.2) is 6.29 Å². The van der Waals surface area contributed by atoms with Gasteiger partial charge < -0.3 is 49.8 Å². The Morgan fingerprint density at radius 1 is 1.00 bits per heavy atom. The van der Waals surface area contributed by atoms with Crippen LogP contribution in [0.1, 0.15) is 26.7 Å². The normalized spacial score (nSPS) is 38.6. The standard InChI is InChI=1S/C21H40N2O9S2/c1-4-12-15(25)17(27)19(20(29-3)32-12)30-7-5-8-33-9-6-23-13(22)10-34-21-18(28)16(26)14(24)11(2)31-21/h11-12,14-21,24-28H,4-10H2,1-3H3,(H2,22,23)/t11?,12?,14-,15-,16?,17?,18?,19?,20+,21-/m1/s1. The van der Waals surface area contributed by atoms with Crippen molar-refractivity contribution in [3.05, 3.63) is 0 Å². The third-order valence-electron chi connectivity index (χ3n) is 5.81. The van der Waals surface area contributed by atoms with E-state index in [-0.39, 0.29) is 5.75 Å². The molecule has 0 spiro atoms. The molecular weight excluding hydrogens is 488 g/mol. The molecule has 2 heterocycles. The molecule has 34 heavy (non-hydrogen) atoms. The number of methoxy groups -OCH3 is 1. The van der Waals surface area contributed by atoms with Crippen LogP contribution in [0.25, 0.3) is 0 Å². The first-order chi connectivity index (χ1) is 16.2. The molecular formula is C21H40N2O9S2. The SMILES string of the molecule is CCC1O[C@H](OC)C(OCCCSCCNC(=N)CS[C@H]2OC(C)[C@@H](O)C(O)C2O)C(O)[C@@H]1O. The average Bonchev–Trinajstić information content (AvgIpc) is 2.83. The molecule has 0 aromatic heterocycles. The highest BCUT2D eigenvalue weighted by atomic mass is 32.2. The van der Waals surface area contributed by atoms with Gasteiger partial charge in [0, 0.05) is 26.0 Å². The maximum atomic E-state index is 10.3. The Hall–Kier alpha value is -0.190. The maximum Gasteiger partial charge on any atom is 0.186 e. The minimum Gasteiger partial charge on any atom is -0.388 e. The number of hydrogen-bond donors (Lipinski definition) is 7. The predicted octanol–water partition coefficient (Wildman–Crippen LogP) is -0.874. The summed E-state index contributed by atoms with van der Waals surface area (Å²) in [5.41, 5.74) is -0.704. The van der Waals surface area contributed by atoms with Gasteiger partial charge in [0.25, 0.3) is 0 Å². The zero-order valence-electron chi connectivity index (χ0n) is 19.9. The molecule has 0 aromatic carbocycles. The monoisotopic (exact) mass is 528 g/mol. The Morgan fingerprint density at radius 2 is 1.74 bits per heavy atom. The van der Waals surface area contributed by atoms with Gasteiger partial charge in [-0.05, 0) is 25.5 Å². The molecule has 13 heteroatoms. The third kappa shape index (κ3) is 8.44. The number of hydrogen-bond acceptors (Lipinski definition) is 12. The molecule has 2 aliphatic heterocycles. The van der Waals surface area contributed by atoms with Crippen LogP contribution in [0.5, 0.6) is 0 Å². The lowest BCUT2D eigenvalue weighted by Gasteiger charge is -2.41. The smallest absolute Gasteiger partial charge is 0.186 e. The number of thioether (sulfide) groups is 2. The quantitative estimate of drug-likeness (QED) is 0.0895. The maximum absolute atomic E-state index is 10.3. The Bertz CT molecular complexity index is 607. The van der Waals surface area contributed by atoms with Crippen molar-refractivity contribution >= 4 is 29.4 Å². The Balaban J connectivity index is 1.53. The van der Waals surface area contributed by atoms with Crippen molar-refractivity contribution in [2.24, 2.45) is 0 Å². The summed E-state index contributed by atoms with van der Waals surface area (Å²) in [5, 5.41) is 61.1. The molecule has 10 atom stereocenters. The van der Waals surface area contributed by atoms with Crippen LogP contribution in [-0.2, 0) is 18.9 Å². The summed E-state index contributed by atoms with van der Waals surface area (Å²) in [7, 11) is 1.48. The molecule has 0 aliphatic carbocycles. The molecule has 6 unspecified atom stereocenters. The lowest BCUT2D eigenvalue weighted by molar-refractivity contribution is -0.299. The second kappa shape index (κ2) is 15.2. The lowest BCUT2D eigenvalue weighted by Crippen LogP contribution is -2.58. The van der Waals surface area contributed by atoms with Crippen LogP contribution in [0.3, 0.4) is 0 Å². The summed E-state index contributed by atoms with van der Waals surface area (Å²) in [6, 6.07) is 0. The van der Waals surface area contributed by atoms with E-state index in [0.717, 1.165) is 17.9 Å². The zero-order valence-corrected chi connectivity index (χ0v) is 21.5. The van der Waals surface area contributed by atoms with Crippen LogP contribution in [-0.4, -0.2) is 129 Å². The van der Waals surface area contributed by atoms with Gasteiger partial charge in [0.1, 0.15) is 47.9 Å². The first-order valence-electron chi connectivity index (χ1n) is 11.6. The second-order valence-corrected chi connectivity index (χ2v) is 10.7. The van der Waals surface area contributed by atoms with Crippen LogP contribution >= 0.6 is 23.5 Å². The summed E-state index contributed by atoms with van der Waals surface area (Å²) in [6.07, 6.45) is -6.92. The number of rotatable bonds is 13. The van der Waals surface area contributed by atoms with Gasteiger partial charge in [0.2, 0.25) is 0 Å². The number of amidine groups is 1. The van der Waals surface area contributed by atoms with Crippen LogP contribution in [0, 0.1) is 5.41 Å². The highest BCUT2D eigenvalue weighted by Gasteiger charge is 2.45. The van der Waals surface area contributed by atoms with Crippen molar-refractivity contribution in [2.75, 3.05) is 37.5 Å². The average molecular weight is 529 g/mol. The molecule has 0 radical (unpaired) electrons. The van der Waals surface area contributed by atoms with Gasteiger partial charge in [-0.2, -0.15) is 11.8 Å². The Morgan fingerprint density at radius 3 is 2.41 bits per heavy atom. The van der Waals surface area contributed by atoms with Crippen LogP contribution in [0.15, 0.2) is 0 Å². The number of aliphatic hydroxyl groups excluding tert-OH is 5. The first kappa shape index (κ1) is 30.0. The van der Waals surface area contributed by atoms with Gasteiger partial charge in [-0.15, -0.1) is 11.8 Å². The van der Waals surface area contributed by atoms with Crippen molar-refractivity contribution < 1.29 is 44.5 Å². The lowest BCUT2D eigenvalue weighted by atomic mass is 9.97. The van der Waals surface area contributed by atoms with E-state index >= 15 is 0 Å². The van der Waals surface area contributed by atoms with E-state index in [4.69, 9.17) is 24.4 Å². The molecule has 7 N–H and O–H groups in total. The van der Waals surface area contributed by atoms with Crippen LogP contribution in [0.4, 0.5) is 0 Å². The zero-order chi connectivity index (χ0) is 25.3. The number of ether oxygens (including phenoxy) is 4. The van der Waals surface area contributed by atoms with Crippen molar-refractivity contribution in [2.45, 2.75) is 87.2 Å². The largest absolute Gasteiger partial charge is 0.388 e. The van der Waals surface area contributed by atoms with E-state index in [0.29, 0.717) is 25.4 Å². The predicted molar refractivity (Wildman–Crippen MR) is 130 cm³/mol. The van der Waals surface area contributed by atoms with E-state index in [1.165, 1.54) is 18.9 Å². The fourth-order valence-electron chi connectivity index (χ4n) is 3.73. The van der Waals surface area contributed by atoms with E-state index < -0.39 is 60.6 Å². The van der Waals surface area contributed by atoms with E-state index in [2.05, 4.69) is 5.32 Å². The summed E-state index contributed by atoms with van der Waals surface area (Å²) in [4.78, 5) is 0. The van der Waals surface area contributed by atoms with Crippen molar-refractivity contribution in [1.82, 2.24) is 5.32 Å². The van der Waals surface area contributed by atoms with Crippen molar-refractivity contribution in [3.8, 4) is 0 Å². The van der Waals surface area contributed by atoms with Gasteiger partial charge in [-0.3, -0.25) is 5.41 Å². The summed E-state index contributed by atoms with van der Waals surface area (Å²) in [5.74, 6) is 2.18. The van der Waals surface area contributed by atoms with Crippen LogP contribution in [0.2, 0.25) is 0 Å². The van der Waals surface area contributed by atoms with Crippen molar-refractivity contribution in [3.63, 3.8) is 0 Å². The van der Waals surface area contributed by atoms with Gasteiger partial charge in [0.05, 0.1) is 18.0 Å². The number of aliphatic hydroxyl groups is 5. The van der Waals surface area contributed by atoms with Gasteiger partial charge >= 0.3 is 0 Å². The van der Waals surface area contributed by atoms with E-state index in [1.807, 2.05) is 6.92 Å². The highest BCUT2D eigenvalue weighted by molar-refractivity contribution is 8.00. The minimum absolute atomic E-state index is 0.285. The summed E-state index contributed by atoms with van der Waals surface area (Å²) >= 11 is 2.90. The van der Waals surface area contributed by atoms with Crippen molar-refractivity contribution in [1.29, 1.82) is 5.41 Å². The summed E-state index contributed by atoms with van der Waals surface area (Å²) < 4.78 is 22.2. The molecule has 2 aliphatic rings. The van der Waals surface area contributed by atoms with E-state index in [1.54, 1.807) is 18.7 Å². The third-order valence-corrected chi connectivity index (χ3v) is 8.05. The molecule has 0 saturated carbocycles. The molecule has 0 aromatic rings. The topological polar surface area (TPSA) is 174 Å². The fourth-order valence-corrected chi connectivity index (χ4v) is 5.55. The fraction of sp³-hybridized carbons (Fsp3) is 0.952. The van der Waals surface area contributed by atoms with E-state index in [9.17, 15) is 25.5 Å². The molecule has 0 bridgehead atoms. The Kier molecular flexibility index (Phi) is 13.4. The summed E-state index contributed by atoms with van der Waals surface area (Å²) in [6.45, 7) is 4.49. The molecule has 2 fully saturated rings. The molecule has 11 nitrogen and oxygen atoms in total. The second-order valence-electron chi connectivity index (χ2n) is 8.37. The molecule has 2 rings (SSSR count). The number of nitrogens with one attached hydrogen (secondary N) is 2. The molecule has 200 valence electrons.